The van der Waals surface area contributed by atoms with Crippen molar-refractivity contribution in [2.45, 2.75) is 32.9 Å². The van der Waals surface area contributed by atoms with Crippen molar-refractivity contribution in [3.63, 3.8) is 0 Å². The van der Waals surface area contributed by atoms with Gasteiger partial charge in [-0.3, -0.25) is 9.59 Å². The average molecular weight is 389 g/mol. The van der Waals surface area contributed by atoms with Gasteiger partial charge in [-0.25, -0.2) is 0 Å². The van der Waals surface area contributed by atoms with E-state index in [1.165, 1.54) is 0 Å². The largest absolute Gasteiger partial charge is 0.497 e. The van der Waals surface area contributed by atoms with Crippen molar-refractivity contribution in [2.24, 2.45) is 0 Å². The molecule has 0 aromatic heterocycles. The van der Waals surface area contributed by atoms with E-state index in [9.17, 15) is 9.59 Å². The van der Waals surface area contributed by atoms with Crippen LogP contribution in [0.25, 0.3) is 0 Å². The maximum absolute atomic E-state index is 13.0. The summed E-state index contributed by atoms with van der Waals surface area (Å²) in [6, 6.07) is 14.1. The SMILES string of the molecule is CCNC(=O)[C@@H](C)N(Cc1cccc(OC)c1)C(=O)Cc1cccc(Cl)c1. The van der Waals surface area contributed by atoms with E-state index in [0.29, 0.717) is 23.9 Å². The molecule has 0 unspecified atom stereocenters. The molecule has 0 heterocycles. The summed E-state index contributed by atoms with van der Waals surface area (Å²) in [5.74, 6) is 0.388. The molecule has 27 heavy (non-hydrogen) atoms. The number of rotatable bonds is 8. The minimum Gasteiger partial charge on any atom is -0.497 e. The molecule has 2 amide bonds. The third-order valence-electron chi connectivity index (χ3n) is 4.25. The third-order valence-corrected chi connectivity index (χ3v) is 4.48. The number of nitrogens with zero attached hydrogens (tertiary/aromatic N) is 1. The Bertz CT molecular complexity index is 795. The van der Waals surface area contributed by atoms with Crippen molar-refractivity contribution in [3.05, 3.63) is 64.7 Å². The van der Waals surface area contributed by atoms with Crippen LogP contribution in [0, 0.1) is 0 Å². The van der Waals surface area contributed by atoms with Crippen molar-refractivity contribution < 1.29 is 14.3 Å². The molecule has 0 aliphatic heterocycles. The van der Waals surface area contributed by atoms with Gasteiger partial charge in [-0.2, -0.15) is 0 Å². The minimum atomic E-state index is -0.595. The van der Waals surface area contributed by atoms with E-state index in [2.05, 4.69) is 5.32 Å². The monoisotopic (exact) mass is 388 g/mol. The molecule has 1 atom stereocenters. The van der Waals surface area contributed by atoms with Crippen LogP contribution < -0.4 is 10.1 Å². The molecule has 6 heteroatoms. The predicted molar refractivity (Wildman–Crippen MR) is 107 cm³/mol. The molecule has 2 aromatic carbocycles. The fourth-order valence-corrected chi connectivity index (χ4v) is 3.01. The quantitative estimate of drug-likeness (QED) is 0.753. The van der Waals surface area contributed by atoms with Crippen LogP contribution in [0.3, 0.4) is 0 Å². The lowest BCUT2D eigenvalue weighted by Gasteiger charge is -2.29. The topological polar surface area (TPSA) is 58.6 Å². The van der Waals surface area contributed by atoms with Gasteiger partial charge < -0.3 is 15.0 Å². The zero-order valence-electron chi connectivity index (χ0n) is 15.9. The first kappa shape index (κ1) is 20.8. The Hall–Kier alpha value is -2.53. The van der Waals surface area contributed by atoms with Crippen LogP contribution in [-0.4, -0.2) is 36.4 Å². The van der Waals surface area contributed by atoms with Crippen molar-refractivity contribution in [2.75, 3.05) is 13.7 Å². The van der Waals surface area contributed by atoms with E-state index >= 15 is 0 Å². The summed E-state index contributed by atoms with van der Waals surface area (Å²) in [5, 5.41) is 3.36. The number of likely N-dealkylation sites (N-methyl/N-ethyl adjacent to an activating group) is 1. The molecule has 1 N–H and O–H groups in total. The van der Waals surface area contributed by atoms with Crippen molar-refractivity contribution in [1.29, 1.82) is 0 Å². The van der Waals surface area contributed by atoms with Crippen LogP contribution in [0.15, 0.2) is 48.5 Å². The molecule has 2 aromatic rings. The van der Waals surface area contributed by atoms with Gasteiger partial charge in [0, 0.05) is 18.1 Å². The second-order valence-electron chi connectivity index (χ2n) is 6.25. The Morgan fingerprint density at radius 1 is 1.15 bits per heavy atom. The Labute approximate surface area is 165 Å². The number of benzene rings is 2. The normalized spacial score (nSPS) is 11.6. The standard InChI is InChI=1S/C21H25ClN2O3/c1-4-23-21(26)15(2)24(14-17-8-6-10-19(12-17)27-3)20(25)13-16-7-5-9-18(22)11-16/h5-12,15H,4,13-14H2,1-3H3,(H,23,26)/t15-/m1/s1. The summed E-state index contributed by atoms with van der Waals surface area (Å²) in [6.07, 6.45) is 0.175. The second-order valence-corrected chi connectivity index (χ2v) is 6.69. The van der Waals surface area contributed by atoms with Gasteiger partial charge in [0.1, 0.15) is 11.8 Å². The van der Waals surface area contributed by atoms with Crippen LogP contribution >= 0.6 is 11.6 Å². The number of hydrogen-bond acceptors (Lipinski definition) is 3. The molecule has 0 saturated carbocycles. The molecular formula is C21H25ClN2O3. The third kappa shape index (κ3) is 6.00. The minimum absolute atomic E-state index is 0.140. The Kier molecular flexibility index (Phi) is 7.67. The van der Waals surface area contributed by atoms with E-state index in [1.807, 2.05) is 43.3 Å². The summed E-state index contributed by atoms with van der Waals surface area (Å²) >= 11 is 6.02. The first-order valence-electron chi connectivity index (χ1n) is 8.89. The first-order chi connectivity index (χ1) is 12.9. The molecule has 144 valence electrons. The highest BCUT2D eigenvalue weighted by atomic mass is 35.5. The van der Waals surface area contributed by atoms with E-state index in [1.54, 1.807) is 31.1 Å². The summed E-state index contributed by atoms with van der Waals surface area (Å²) in [7, 11) is 1.60. The molecule has 0 radical (unpaired) electrons. The van der Waals surface area contributed by atoms with Crippen LogP contribution in [0.4, 0.5) is 0 Å². The van der Waals surface area contributed by atoms with Crippen molar-refractivity contribution >= 4 is 23.4 Å². The van der Waals surface area contributed by atoms with Gasteiger partial charge in [-0.15, -0.1) is 0 Å². The molecule has 0 fully saturated rings. The fraction of sp³-hybridized carbons (Fsp3) is 0.333. The van der Waals surface area contributed by atoms with E-state index < -0.39 is 6.04 Å². The lowest BCUT2D eigenvalue weighted by molar-refractivity contribution is -0.140. The highest BCUT2D eigenvalue weighted by Crippen LogP contribution is 2.18. The molecule has 0 saturated heterocycles. The number of carbonyl (C=O) groups is 2. The van der Waals surface area contributed by atoms with Crippen LogP contribution in [0.2, 0.25) is 5.02 Å². The summed E-state index contributed by atoms with van der Waals surface area (Å²) in [6.45, 7) is 4.42. The van der Waals surface area contributed by atoms with Crippen LogP contribution in [0.5, 0.6) is 5.75 Å². The second kappa shape index (κ2) is 9.97. The summed E-state index contributed by atoms with van der Waals surface area (Å²) in [5.41, 5.74) is 1.70. The van der Waals surface area contributed by atoms with E-state index in [-0.39, 0.29) is 18.2 Å². The summed E-state index contributed by atoms with van der Waals surface area (Å²) in [4.78, 5) is 26.9. The Morgan fingerprint density at radius 3 is 2.52 bits per heavy atom. The number of carbonyl (C=O) groups excluding carboxylic acids is 2. The molecule has 0 bridgehead atoms. The van der Waals surface area contributed by atoms with Gasteiger partial charge in [0.25, 0.3) is 0 Å². The fourth-order valence-electron chi connectivity index (χ4n) is 2.80. The maximum Gasteiger partial charge on any atom is 0.242 e. The molecule has 5 nitrogen and oxygen atoms in total. The number of nitrogens with one attached hydrogen (secondary N) is 1. The van der Waals surface area contributed by atoms with Gasteiger partial charge in [0.2, 0.25) is 11.8 Å². The van der Waals surface area contributed by atoms with Crippen molar-refractivity contribution in [3.8, 4) is 5.75 Å². The Balaban J connectivity index is 2.24. The number of ether oxygens (including phenoxy) is 1. The molecule has 2 rings (SSSR count). The number of hydrogen-bond donors (Lipinski definition) is 1. The lowest BCUT2D eigenvalue weighted by atomic mass is 10.1. The number of halogens is 1. The summed E-state index contributed by atoms with van der Waals surface area (Å²) < 4.78 is 5.25. The predicted octanol–water partition coefficient (Wildman–Crippen LogP) is 3.44. The lowest BCUT2D eigenvalue weighted by Crippen LogP contribution is -2.48. The molecular weight excluding hydrogens is 364 g/mol. The maximum atomic E-state index is 13.0. The van der Waals surface area contributed by atoms with Gasteiger partial charge in [0.15, 0.2) is 0 Å². The number of amides is 2. The zero-order valence-corrected chi connectivity index (χ0v) is 16.6. The molecule has 0 aliphatic rings. The average Bonchev–Trinajstić information content (AvgIpc) is 2.66. The highest BCUT2D eigenvalue weighted by molar-refractivity contribution is 6.30. The Morgan fingerprint density at radius 2 is 1.85 bits per heavy atom. The van der Waals surface area contributed by atoms with Gasteiger partial charge in [0.05, 0.1) is 13.5 Å². The van der Waals surface area contributed by atoms with Crippen molar-refractivity contribution in [1.82, 2.24) is 10.2 Å². The zero-order chi connectivity index (χ0) is 19.8. The smallest absolute Gasteiger partial charge is 0.242 e. The van der Waals surface area contributed by atoms with E-state index in [4.69, 9.17) is 16.3 Å². The first-order valence-corrected chi connectivity index (χ1v) is 9.27. The van der Waals surface area contributed by atoms with Crippen LogP contribution in [-0.2, 0) is 22.6 Å². The van der Waals surface area contributed by atoms with Crippen LogP contribution in [0.1, 0.15) is 25.0 Å². The highest BCUT2D eigenvalue weighted by Gasteiger charge is 2.26. The molecule has 0 aliphatic carbocycles. The van der Waals surface area contributed by atoms with Gasteiger partial charge >= 0.3 is 0 Å². The number of methoxy groups -OCH3 is 1. The van der Waals surface area contributed by atoms with Gasteiger partial charge in [-0.05, 0) is 49.2 Å². The molecule has 0 spiro atoms. The van der Waals surface area contributed by atoms with Gasteiger partial charge in [-0.1, -0.05) is 35.9 Å². The van der Waals surface area contributed by atoms with E-state index in [0.717, 1.165) is 11.1 Å².